The predicted octanol–water partition coefficient (Wildman–Crippen LogP) is 5.65. The number of nitrogens with zero attached hydrogens (tertiary/aromatic N) is 3. The molecule has 0 aliphatic heterocycles. The van der Waals surface area contributed by atoms with E-state index >= 15 is 0 Å². The Morgan fingerprint density at radius 2 is 1.71 bits per heavy atom. The van der Waals surface area contributed by atoms with E-state index in [1.807, 2.05) is 13.1 Å². The van der Waals surface area contributed by atoms with Crippen molar-refractivity contribution in [3.63, 3.8) is 0 Å². The summed E-state index contributed by atoms with van der Waals surface area (Å²) in [6.07, 6.45) is 4.83. The number of aromatic nitrogens is 3. The minimum Gasteiger partial charge on any atom is -0.361 e. The zero-order chi connectivity index (χ0) is 21.0. The molecule has 0 amide bonds. The Morgan fingerprint density at radius 1 is 0.968 bits per heavy atom. The molecule has 2 aromatic heterocycles. The van der Waals surface area contributed by atoms with E-state index in [1.165, 1.54) is 27.9 Å². The van der Waals surface area contributed by atoms with Gasteiger partial charge in [-0.3, -0.25) is 0 Å². The van der Waals surface area contributed by atoms with Gasteiger partial charge in [-0.05, 0) is 37.7 Å². The molecule has 0 fully saturated rings. The Kier molecular flexibility index (Phi) is 4.10. The van der Waals surface area contributed by atoms with Crippen LogP contribution in [0, 0.1) is 12.8 Å². The first-order valence-electron chi connectivity index (χ1n) is 11.1. The maximum absolute atomic E-state index is 5.72. The van der Waals surface area contributed by atoms with Crippen LogP contribution >= 0.6 is 0 Å². The fourth-order valence-corrected chi connectivity index (χ4v) is 6.10. The number of hydrogen-bond acceptors (Lipinski definition) is 4. The normalized spacial score (nSPS) is 24.2. The highest BCUT2D eigenvalue weighted by atomic mass is 16.5. The van der Waals surface area contributed by atoms with Crippen LogP contribution in [0.4, 0.5) is 0 Å². The quantitative estimate of drug-likeness (QED) is 0.431. The molecular weight excluding hydrogens is 382 g/mol. The average Bonchev–Trinajstić information content (AvgIpc) is 3.28. The maximum atomic E-state index is 5.72. The summed E-state index contributed by atoms with van der Waals surface area (Å²) < 4.78 is 5.72. The number of rotatable bonds is 2. The lowest BCUT2D eigenvalue weighted by molar-refractivity contribution is 0.188. The van der Waals surface area contributed by atoms with Gasteiger partial charge in [0.25, 0.3) is 0 Å². The fourth-order valence-electron chi connectivity index (χ4n) is 6.10. The number of fused-ring (bicyclic) bond motifs is 4. The second-order valence-corrected chi connectivity index (χ2v) is 8.98. The second kappa shape index (κ2) is 6.88. The minimum absolute atomic E-state index is 0.204. The monoisotopic (exact) mass is 407 g/mol. The van der Waals surface area contributed by atoms with Crippen LogP contribution in [0.1, 0.15) is 53.2 Å². The van der Waals surface area contributed by atoms with E-state index < -0.39 is 0 Å². The summed E-state index contributed by atoms with van der Waals surface area (Å²) in [5.41, 5.74) is 7.07. The van der Waals surface area contributed by atoms with Gasteiger partial charge in [0.2, 0.25) is 0 Å². The maximum Gasteiger partial charge on any atom is 0.143 e. The molecule has 4 nitrogen and oxygen atoms in total. The van der Waals surface area contributed by atoms with Crippen molar-refractivity contribution in [1.29, 1.82) is 0 Å². The van der Waals surface area contributed by atoms with Gasteiger partial charge in [0, 0.05) is 28.0 Å². The van der Waals surface area contributed by atoms with Gasteiger partial charge < -0.3 is 4.52 Å². The summed E-state index contributed by atoms with van der Waals surface area (Å²) in [6.45, 7) is 4.31. The van der Waals surface area contributed by atoms with E-state index in [9.17, 15) is 0 Å². The third-order valence-electron chi connectivity index (χ3n) is 7.38. The lowest BCUT2D eigenvalue weighted by Crippen LogP contribution is -2.48. The molecule has 31 heavy (non-hydrogen) atoms. The van der Waals surface area contributed by atoms with Crippen LogP contribution in [-0.4, -0.2) is 15.1 Å². The molecule has 0 bridgehead atoms. The lowest BCUT2D eigenvalue weighted by atomic mass is 9.53. The molecule has 2 aromatic carbocycles. The summed E-state index contributed by atoms with van der Waals surface area (Å²) in [6, 6.07) is 21.5. The molecule has 4 aromatic rings. The van der Waals surface area contributed by atoms with E-state index in [4.69, 9.17) is 14.5 Å². The van der Waals surface area contributed by atoms with Crippen LogP contribution in [0.5, 0.6) is 0 Å². The second-order valence-electron chi connectivity index (χ2n) is 8.98. The minimum atomic E-state index is -0.204. The van der Waals surface area contributed by atoms with Gasteiger partial charge >= 0.3 is 0 Å². The molecule has 3 atom stereocenters. The van der Waals surface area contributed by atoms with Crippen molar-refractivity contribution in [2.75, 3.05) is 0 Å². The third-order valence-corrected chi connectivity index (χ3v) is 7.38. The van der Waals surface area contributed by atoms with Crippen molar-refractivity contribution in [3.8, 4) is 11.3 Å². The average molecular weight is 408 g/mol. The van der Waals surface area contributed by atoms with Crippen molar-refractivity contribution in [2.45, 2.75) is 44.4 Å². The van der Waals surface area contributed by atoms with Crippen molar-refractivity contribution >= 4 is 0 Å². The zero-order valence-electron chi connectivity index (χ0n) is 17.9. The first kappa shape index (κ1) is 18.5. The Morgan fingerprint density at radius 3 is 2.48 bits per heavy atom. The standard InChI is InChI=1S/C27H25N3O/c1-17-23-14-13-22-24(19-9-5-3-6-10-19)29-18(2)30-26(22)27(23,21-11-7-4-8-12-21)15-20-16-28-31-25(17)20/h3-12,16-17,23H,13-15H2,1-2H3/t17-,23-,27+/m0/s1. The summed E-state index contributed by atoms with van der Waals surface area (Å²) in [5.74, 6) is 2.57. The first-order valence-corrected chi connectivity index (χ1v) is 11.1. The Bertz CT molecular complexity index is 1250. The highest BCUT2D eigenvalue weighted by Crippen LogP contribution is 2.57. The molecule has 4 heteroatoms. The Balaban J connectivity index is 1.67. The summed E-state index contributed by atoms with van der Waals surface area (Å²) in [4.78, 5) is 10.1. The van der Waals surface area contributed by atoms with Crippen LogP contribution in [0.3, 0.4) is 0 Å². The summed E-state index contributed by atoms with van der Waals surface area (Å²) >= 11 is 0. The van der Waals surface area contributed by atoms with Gasteiger partial charge in [-0.25, -0.2) is 9.97 Å². The van der Waals surface area contributed by atoms with E-state index in [0.717, 1.165) is 36.5 Å². The molecule has 6 rings (SSSR count). The highest BCUT2D eigenvalue weighted by molar-refractivity contribution is 5.66. The van der Waals surface area contributed by atoms with Gasteiger partial charge in [0.1, 0.15) is 11.6 Å². The molecule has 0 N–H and O–H groups in total. The van der Waals surface area contributed by atoms with Gasteiger partial charge in [-0.15, -0.1) is 0 Å². The molecule has 2 aliphatic carbocycles. The van der Waals surface area contributed by atoms with Crippen LogP contribution in [-0.2, 0) is 18.3 Å². The number of aryl methyl sites for hydroxylation is 1. The van der Waals surface area contributed by atoms with E-state index in [1.54, 1.807) is 0 Å². The van der Waals surface area contributed by atoms with Gasteiger partial charge in [0.15, 0.2) is 0 Å². The van der Waals surface area contributed by atoms with Crippen molar-refractivity contribution in [3.05, 3.63) is 101 Å². The molecule has 2 heterocycles. The van der Waals surface area contributed by atoms with Crippen LogP contribution < -0.4 is 0 Å². The molecule has 0 saturated heterocycles. The van der Waals surface area contributed by atoms with Crippen LogP contribution in [0.15, 0.2) is 71.4 Å². The van der Waals surface area contributed by atoms with Gasteiger partial charge in [-0.2, -0.15) is 0 Å². The Labute approximate surface area is 182 Å². The highest BCUT2D eigenvalue weighted by Gasteiger charge is 2.54. The zero-order valence-corrected chi connectivity index (χ0v) is 17.9. The van der Waals surface area contributed by atoms with Crippen LogP contribution in [0.25, 0.3) is 11.3 Å². The van der Waals surface area contributed by atoms with E-state index in [2.05, 4.69) is 72.7 Å². The molecular formula is C27H25N3O. The molecule has 0 unspecified atom stereocenters. The van der Waals surface area contributed by atoms with Gasteiger partial charge in [-0.1, -0.05) is 72.7 Å². The predicted molar refractivity (Wildman–Crippen MR) is 120 cm³/mol. The molecule has 154 valence electrons. The molecule has 0 radical (unpaired) electrons. The topological polar surface area (TPSA) is 51.8 Å². The van der Waals surface area contributed by atoms with E-state index in [-0.39, 0.29) is 11.3 Å². The van der Waals surface area contributed by atoms with Crippen molar-refractivity contribution < 1.29 is 4.52 Å². The number of hydrogen-bond donors (Lipinski definition) is 0. The van der Waals surface area contributed by atoms with Gasteiger partial charge in [0.05, 0.1) is 17.6 Å². The smallest absolute Gasteiger partial charge is 0.143 e. The Hall–Kier alpha value is -3.27. The fraction of sp³-hybridized carbons (Fsp3) is 0.296. The molecule has 0 saturated carbocycles. The SMILES string of the molecule is Cc1nc(-c2ccccc2)c2c(n1)[C@@]1(c3ccccc3)Cc3cnoc3[C@@H](C)[C@@H]1CC2. The summed E-state index contributed by atoms with van der Waals surface area (Å²) in [5, 5.41) is 4.17. The lowest BCUT2D eigenvalue weighted by Gasteiger charge is -2.50. The summed E-state index contributed by atoms with van der Waals surface area (Å²) in [7, 11) is 0. The third kappa shape index (κ3) is 2.64. The molecule has 0 spiro atoms. The first-order chi connectivity index (χ1) is 15.2. The van der Waals surface area contributed by atoms with E-state index in [0.29, 0.717) is 5.92 Å². The van der Waals surface area contributed by atoms with Crippen molar-refractivity contribution in [1.82, 2.24) is 15.1 Å². The molecule has 2 aliphatic rings. The van der Waals surface area contributed by atoms with Crippen molar-refractivity contribution in [2.24, 2.45) is 5.92 Å². The number of benzene rings is 2. The largest absolute Gasteiger partial charge is 0.361 e. The van der Waals surface area contributed by atoms with Crippen LogP contribution in [0.2, 0.25) is 0 Å².